The third-order valence-corrected chi connectivity index (χ3v) is 2.63. The number of benzene rings is 1. The molecule has 1 aromatic rings. The molecule has 0 aliphatic carbocycles. The Hall–Kier alpha value is -2.03. The lowest BCUT2D eigenvalue weighted by atomic mass is 10.1. The zero-order chi connectivity index (χ0) is 15.3. The van der Waals surface area contributed by atoms with E-state index in [9.17, 15) is 18.0 Å². The third kappa shape index (κ3) is 3.73. The highest BCUT2D eigenvalue weighted by atomic mass is 19.2. The van der Waals surface area contributed by atoms with Crippen molar-refractivity contribution in [3.05, 3.63) is 35.1 Å². The van der Waals surface area contributed by atoms with E-state index in [1.54, 1.807) is 0 Å². The van der Waals surface area contributed by atoms with Crippen LogP contribution in [0, 0.1) is 34.7 Å². The maximum atomic E-state index is 13.6. The van der Waals surface area contributed by atoms with Gasteiger partial charge in [-0.25, -0.2) is 13.2 Å². The van der Waals surface area contributed by atoms with Crippen LogP contribution in [0.25, 0.3) is 0 Å². The van der Waals surface area contributed by atoms with Crippen molar-refractivity contribution in [1.82, 2.24) is 4.90 Å². The van der Waals surface area contributed by atoms with Crippen molar-refractivity contribution in [2.45, 2.75) is 20.3 Å². The summed E-state index contributed by atoms with van der Waals surface area (Å²) in [5, 5.41) is 8.57. The quantitative estimate of drug-likeness (QED) is 0.780. The average Bonchev–Trinajstić information content (AvgIpc) is 2.40. The number of nitriles is 1. The number of amides is 1. The predicted molar refractivity (Wildman–Crippen MR) is 67.3 cm³/mol. The Kier molecular flexibility index (Phi) is 5.56. The van der Waals surface area contributed by atoms with E-state index in [0.29, 0.717) is 12.6 Å². The standard InChI is InChI=1S/C14H15F3N2O/c1-9(2)8-19(7-3-6-18)14(20)10-4-5-11(15)13(17)12(10)16/h4-5,9H,3,7-8H2,1-2H3. The van der Waals surface area contributed by atoms with Gasteiger partial charge in [-0.2, -0.15) is 5.26 Å². The first kappa shape index (κ1) is 16.0. The minimum absolute atomic E-state index is 0.0871. The molecule has 0 saturated carbocycles. The minimum atomic E-state index is -1.67. The fraction of sp³-hybridized carbons (Fsp3) is 0.429. The van der Waals surface area contributed by atoms with Crippen LogP contribution in [0.4, 0.5) is 13.2 Å². The molecule has 3 nitrogen and oxygen atoms in total. The molecule has 0 bridgehead atoms. The topological polar surface area (TPSA) is 44.1 Å². The highest BCUT2D eigenvalue weighted by molar-refractivity contribution is 5.94. The minimum Gasteiger partial charge on any atom is -0.337 e. The Morgan fingerprint density at radius 2 is 1.95 bits per heavy atom. The SMILES string of the molecule is CC(C)CN(CCC#N)C(=O)c1ccc(F)c(F)c1F. The summed E-state index contributed by atoms with van der Waals surface area (Å²) in [6, 6.07) is 3.52. The van der Waals surface area contributed by atoms with Gasteiger partial charge in [-0.15, -0.1) is 0 Å². The van der Waals surface area contributed by atoms with Gasteiger partial charge in [0.1, 0.15) is 0 Å². The maximum absolute atomic E-state index is 13.6. The van der Waals surface area contributed by atoms with Gasteiger partial charge in [0.25, 0.3) is 5.91 Å². The van der Waals surface area contributed by atoms with E-state index in [1.165, 1.54) is 4.90 Å². The van der Waals surface area contributed by atoms with Gasteiger partial charge in [-0.05, 0) is 18.1 Å². The molecular weight excluding hydrogens is 269 g/mol. The van der Waals surface area contributed by atoms with Gasteiger partial charge in [0, 0.05) is 13.1 Å². The normalized spacial score (nSPS) is 10.4. The zero-order valence-corrected chi connectivity index (χ0v) is 11.3. The van der Waals surface area contributed by atoms with E-state index in [0.717, 1.165) is 6.07 Å². The molecule has 0 radical (unpaired) electrons. The Morgan fingerprint density at radius 1 is 1.30 bits per heavy atom. The zero-order valence-electron chi connectivity index (χ0n) is 11.3. The second kappa shape index (κ2) is 6.94. The summed E-state index contributed by atoms with van der Waals surface area (Å²) in [5.74, 6) is -5.15. The van der Waals surface area contributed by atoms with E-state index in [-0.39, 0.29) is 18.9 Å². The Bertz CT molecular complexity index is 538. The van der Waals surface area contributed by atoms with E-state index >= 15 is 0 Å². The van der Waals surface area contributed by atoms with E-state index in [1.807, 2.05) is 19.9 Å². The number of hydrogen-bond acceptors (Lipinski definition) is 2. The number of hydrogen-bond donors (Lipinski definition) is 0. The van der Waals surface area contributed by atoms with Gasteiger partial charge in [0.05, 0.1) is 18.1 Å². The van der Waals surface area contributed by atoms with E-state index < -0.39 is 28.9 Å². The molecule has 0 atom stereocenters. The largest absolute Gasteiger partial charge is 0.337 e. The molecule has 0 unspecified atom stereocenters. The van der Waals surface area contributed by atoms with Crippen LogP contribution in [0.3, 0.4) is 0 Å². The molecule has 20 heavy (non-hydrogen) atoms. The number of carbonyl (C=O) groups excluding carboxylic acids is 1. The molecule has 0 aromatic heterocycles. The molecule has 0 N–H and O–H groups in total. The van der Waals surface area contributed by atoms with Crippen molar-refractivity contribution in [3.63, 3.8) is 0 Å². The molecule has 1 rings (SSSR count). The van der Waals surface area contributed by atoms with Crippen molar-refractivity contribution in [1.29, 1.82) is 5.26 Å². The first-order valence-electron chi connectivity index (χ1n) is 6.18. The molecule has 0 aliphatic rings. The summed E-state index contributed by atoms with van der Waals surface area (Å²) in [6.07, 6.45) is 0.0871. The van der Waals surface area contributed by atoms with Crippen molar-refractivity contribution in [3.8, 4) is 6.07 Å². The predicted octanol–water partition coefficient (Wildman–Crippen LogP) is 3.12. The summed E-state index contributed by atoms with van der Waals surface area (Å²) in [7, 11) is 0. The van der Waals surface area contributed by atoms with Crippen molar-refractivity contribution >= 4 is 5.91 Å². The van der Waals surface area contributed by atoms with Gasteiger partial charge in [-0.1, -0.05) is 13.8 Å². The molecule has 0 fully saturated rings. The highest BCUT2D eigenvalue weighted by Gasteiger charge is 2.23. The molecule has 1 aromatic carbocycles. The monoisotopic (exact) mass is 284 g/mol. The lowest BCUT2D eigenvalue weighted by Crippen LogP contribution is -2.35. The van der Waals surface area contributed by atoms with Crippen LogP contribution in [0.1, 0.15) is 30.6 Å². The van der Waals surface area contributed by atoms with Crippen molar-refractivity contribution < 1.29 is 18.0 Å². The summed E-state index contributed by atoms with van der Waals surface area (Å²) >= 11 is 0. The molecule has 108 valence electrons. The number of halogens is 3. The maximum Gasteiger partial charge on any atom is 0.256 e. The molecule has 0 spiro atoms. The van der Waals surface area contributed by atoms with Crippen LogP contribution in [0.15, 0.2) is 12.1 Å². The molecular formula is C14H15F3N2O. The second-order valence-electron chi connectivity index (χ2n) is 4.78. The van der Waals surface area contributed by atoms with Crippen LogP contribution < -0.4 is 0 Å². The van der Waals surface area contributed by atoms with Gasteiger partial charge in [0.2, 0.25) is 0 Å². The lowest BCUT2D eigenvalue weighted by Gasteiger charge is -2.24. The van der Waals surface area contributed by atoms with Crippen LogP contribution in [0.5, 0.6) is 0 Å². The molecule has 0 saturated heterocycles. The molecule has 1 amide bonds. The van der Waals surface area contributed by atoms with Crippen LogP contribution in [-0.4, -0.2) is 23.9 Å². The summed E-state index contributed by atoms with van der Waals surface area (Å²) < 4.78 is 39.6. The lowest BCUT2D eigenvalue weighted by molar-refractivity contribution is 0.0734. The highest BCUT2D eigenvalue weighted by Crippen LogP contribution is 2.17. The Morgan fingerprint density at radius 3 is 2.50 bits per heavy atom. The van der Waals surface area contributed by atoms with E-state index in [4.69, 9.17) is 5.26 Å². The molecule has 0 heterocycles. The van der Waals surface area contributed by atoms with Crippen molar-refractivity contribution in [2.24, 2.45) is 5.92 Å². The summed E-state index contributed by atoms with van der Waals surface area (Å²) in [4.78, 5) is 13.4. The van der Waals surface area contributed by atoms with Crippen LogP contribution >= 0.6 is 0 Å². The van der Waals surface area contributed by atoms with Crippen LogP contribution in [0.2, 0.25) is 0 Å². The van der Waals surface area contributed by atoms with Gasteiger partial charge >= 0.3 is 0 Å². The van der Waals surface area contributed by atoms with Gasteiger partial charge < -0.3 is 4.90 Å². The average molecular weight is 284 g/mol. The van der Waals surface area contributed by atoms with Gasteiger partial charge in [-0.3, -0.25) is 4.79 Å². The Labute approximate surface area is 115 Å². The number of nitrogens with zero attached hydrogens (tertiary/aromatic N) is 2. The van der Waals surface area contributed by atoms with Crippen molar-refractivity contribution in [2.75, 3.05) is 13.1 Å². The smallest absolute Gasteiger partial charge is 0.256 e. The number of rotatable bonds is 5. The third-order valence-electron chi connectivity index (χ3n) is 2.63. The summed E-state index contributed by atoms with van der Waals surface area (Å²) in [5.41, 5.74) is -0.525. The van der Waals surface area contributed by atoms with Crippen LogP contribution in [-0.2, 0) is 0 Å². The van der Waals surface area contributed by atoms with E-state index in [2.05, 4.69) is 0 Å². The number of carbonyl (C=O) groups is 1. The summed E-state index contributed by atoms with van der Waals surface area (Å²) in [6.45, 7) is 4.13. The fourth-order valence-electron chi connectivity index (χ4n) is 1.76. The molecule has 0 aliphatic heterocycles. The fourth-order valence-corrected chi connectivity index (χ4v) is 1.76. The first-order chi connectivity index (χ1) is 9.38. The first-order valence-corrected chi connectivity index (χ1v) is 6.18. The molecule has 6 heteroatoms. The Balaban J connectivity index is 3.06. The van der Waals surface area contributed by atoms with Gasteiger partial charge in [0.15, 0.2) is 17.5 Å². The second-order valence-corrected chi connectivity index (χ2v) is 4.78.